The van der Waals surface area contributed by atoms with Gasteiger partial charge in [-0.15, -0.1) is 0 Å². The Balaban J connectivity index is 1.59. The van der Waals surface area contributed by atoms with Crippen molar-refractivity contribution in [2.24, 2.45) is 10.1 Å². The molecule has 0 N–H and O–H groups in total. The molecule has 1 atom stereocenters. The standard InChI is InChI=1S/C24H25N3OS/c1-16-12-22(25-15-27(3)4)17(2)11-21(16)24-13-23(26-28-24)20-8-6-5-7-19(20)18-9-10-29-14-18/h5-12,14-15,24H,13H2,1-4H3. The minimum atomic E-state index is -0.0638. The van der Waals surface area contributed by atoms with Gasteiger partial charge in [-0.1, -0.05) is 29.4 Å². The maximum Gasteiger partial charge on any atom is 0.158 e. The van der Waals surface area contributed by atoms with Gasteiger partial charge in [0.1, 0.15) is 0 Å². The van der Waals surface area contributed by atoms with Crippen molar-refractivity contribution in [2.75, 3.05) is 14.1 Å². The highest BCUT2D eigenvalue weighted by atomic mass is 32.1. The van der Waals surface area contributed by atoms with E-state index in [0.717, 1.165) is 28.9 Å². The summed E-state index contributed by atoms with van der Waals surface area (Å²) >= 11 is 1.71. The molecular weight excluding hydrogens is 378 g/mol. The molecule has 0 fully saturated rings. The van der Waals surface area contributed by atoms with Crippen LogP contribution in [0.15, 0.2) is 63.4 Å². The van der Waals surface area contributed by atoms with E-state index in [1.807, 2.05) is 25.3 Å². The molecule has 3 aromatic rings. The number of oxime groups is 1. The summed E-state index contributed by atoms with van der Waals surface area (Å²) in [5.41, 5.74) is 9.07. The van der Waals surface area contributed by atoms with E-state index in [-0.39, 0.29) is 6.10 Å². The molecule has 2 aromatic carbocycles. The Morgan fingerprint density at radius 1 is 1.10 bits per heavy atom. The van der Waals surface area contributed by atoms with E-state index in [1.54, 1.807) is 11.3 Å². The Bertz CT molecular complexity index is 1070. The summed E-state index contributed by atoms with van der Waals surface area (Å²) in [4.78, 5) is 12.4. The summed E-state index contributed by atoms with van der Waals surface area (Å²) in [5, 5.41) is 8.75. The van der Waals surface area contributed by atoms with Crippen molar-refractivity contribution >= 4 is 29.1 Å². The Hall–Kier alpha value is -2.92. The lowest BCUT2D eigenvalue weighted by atomic mass is 9.92. The van der Waals surface area contributed by atoms with Gasteiger partial charge in [0, 0.05) is 26.1 Å². The van der Waals surface area contributed by atoms with Crippen LogP contribution >= 0.6 is 11.3 Å². The molecule has 2 heterocycles. The maximum atomic E-state index is 5.90. The third-order valence-electron chi connectivity index (χ3n) is 5.10. The van der Waals surface area contributed by atoms with Crippen LogP contribution < -0.4 is 0 Å². The van der Waals surface area contributed by atoms with Gasteiger partial charge in [0.15, 0.2) is 6.10 Å². The highest BCUT2D eigenvalue weighted by Gasteiger charge is 2.27. The van der Waals surface area contributed by atoms with E-state index < -0.39 is 0 Å². The van der Waals surface area contributed by atoms with Crippen molar-refractivity contribution < 1.29 is 4.84 Å². The van der Waals surface area contributed by atoms with E-state index >= 15 is 0 Å². The first-order valence-corrected chi connectivity index (χ1v) is 10.6. The van der Waals surface area contributed by atoms with Crippen LogP contribution in [-0.2, 0) is 4.84 Å². The lowest BCUT2D eigenvalue weighted by Gasteiger charge is -2.15. The maximum absolute atomic E-state index is 5.90. The van der Waals surface area contributed by atoms with Gasteiger partial charge in [0.05, 0.1) is 17.7 Å². The Morgan fingerprint density at radius 2 is 1.90 bits per heavy atom. The topological polar surface area (TPSA) is 37.2 Å². The number of aryl methyl sites for hydroxylation is 2. The summed E-state index contributed by atoms with van der Waals surface area (Å²) in [6.45, 7) is 4.21. The van der Waals surface area contributed by atoms with Crippen LogP contribution in [-0.4, -0.2) is 31.0 Å². The molecule has 29 heavy (non-hydrogen) atoms. The summed E-state index contributed by atoms with van der Waals surface area (Å²) < 4.78 is 0. The minimum Gasteiger partial charge on any atom is -0.387 e. The summed E-state index contributed by atoms with van der Waals surface area (Å²) in [5.74, 6) is 0. The van der Waals surface area contributed by atoms with Gasteiger partial charge in [-0.05, 0) is 70.6 Å². The second-order valence-corrected chi connectivity index (χ2v) is 8.38. The van der Waals surface area contributed by atoms with Crippen molar-refractivity contribution in [3.05, 3.63) is 75.5 Å². The van der Waals surface area contributed by atoms with Crippen LogP contribution in [0.3, 0.4) is 0 Å². The number of benzene rings is 2. The van der Waals surface area contributed by atoms with Gasteiger partial charge in [-0.3, -0.25) is 0 Å². The van der Waals surface area contributed by atoms with Gasteiger partial charge in [-0.2, -0.15) is 11.3 Å². The summed E-state index contributed by atoms with van der Waals surface area (Å²) in [7, 11) is 3.94. The van der Waals surface area contributed by atoms with E-state index in [9.17, 15) is 0 Å². The molecule has 0 saturated carbocycles. The molecule has 5 heteroatoms. The molecule has 4 nitrogen and oxygen atoms in total. The number of thiophene rings is 1. The fourth-order valence-corrected chi connectivity index (χ4v) is 4.25. The largest absolute Gasteiger partial charge is 0.387 e. The fourth-order valence-electron chi connectivity index (χ4n) is 3.59. The van der Waals surface area contributed by atoms with Crippen molar-refractivity contribution in [3.8, 4) is 11.1 Å². The number of hydrogen-bond acceptors (Lipinski definition) is 4. The SMILES string of the molecule is Cc1cc(C2CC(c3ccccc3-c3ccsc3)=NO2)c(C)cc1N=CN(C)C. The van der Waals surface area contributed by atoms with Crippen molar-refractivity contribution in [2.45, 2.75) is 26.4 Å². The molecule has 0 radical (unpaired) electrons. The molecule has 0 aliphatic carbocycles. The lowest BCUT2D eigenvalue weighted by Crippen LogP contribution is -2.07. The van der Waals surface area contributed by atoms with E-state index in [1.165, 1.54) is 22.3 Å². The van der Waals surface area contributed by atoms with Gasteiger partial charge < -0.3 is 9.74 Å². The average Bonchev–Trinajstić information content (AvgIpc) is 3.40. The monoisotopic (exact) mass is 403 g/mol. The second-order valence-electron chi connectivity index (χ2n) is 7.60. The molecule has 4 rings (SSSR count). The van der Waals surface area contributed by atoms with E-state index in [0.29, 0.717) is 0 Å². The smallest absolute Gasteiger partial charge is 0.158 e. The first-order valence-electron chi connectivity index (χ1n) is 9.69. The van der Waals surface area contributed by atoms with E-state index in [2.05, 4.69) is 77.2 Å². The van der Waals surface area contributed by atoms with Crippen LogP contribution in [0, 0.1) is 13.8 Å². The number of aliphatic imine (C=N–C) groups is 1. The Labute approximate surface area is 176 Å². The Kier molecular flexibility index (Phi) is 5.49. The number of nitrogens with zero attached hydrogens (tertiary/aromatic N) is 3. The van der Waals surface area contributed by atoms with Crippen LogP contribution in [0.25, 0.3) is 11.1 Å². The predicted octanol–water partition coefficient (Wildman–Crippen LogP) is 6.12. The zero-order chi connectivity index (χ0) is 20.4. The first-order chi connectivity index (χ1) is 14.0. The molecule has 0 bridgehead atoms. The third kappa shape index (κ3) is 4.10. The van der Waals surface area contributed by atoms with E-state index in [4.69, 9.17) is 4.84 Å². The zero-order valence-corrected chi connectivity index (χ0v) is 18.0. The molecule has 1 aliphatic rings. The van der Waals surface area contributed by atoms with Gasteiger partial charge >= 0.3 is 0 Å². The average molecular weight is 404 g/mol. The molecular formula is C24H25N3OS. The summed E-state index contributed by atoms with van der Waals surface area (Å²) in [6.07, 6.45) is 2.53. The Morgan fingerprint density at radius 3 is 2.62 bits per heavy atom. The highest BCUT2D eigenvalue weighted by Crippen LogP contribution is 2.36. The van der Waals surface area contributed by atoms with Gasteiger partial charge in [0.2, 0.25) is 0 Å². The zero-order valence-electron chi connectivity index (χ0n) is 17.2. The third-order valence-corrected chi connectivity index (χ3v) is 5.78. The molecule has 0 amide bonds. The van der Waals surface area contributed by atoms with Crippen molar-refractivity contribution in [3.63, 3.8) is 0 Å². The predicted molar refractivity (Wildman–Crippen MR) is 122 cm³/mol. The van der Waals surface area contributed by atoms with Crippen LogP contribution in [0.2, 0.25) is 0 Å². The highest BCUT2D eigenvalue weighted by molar-refractivity contribution is 7.08. The van der Waals surface area contributed by atoms with Gasteiger partial charge in [0.25, 0.3) is 0 Å². The van der Waals surface area contributed by atoms with Crippen molar-refractivity contribution in [1.29, 1.82) is 0 Å². The van der Waals surface area contributed by atoms with Crippen molar-refractivity contribution in [1.82, 2.24) is 4.90 Å². The number of hydrogen-bond donors (Lipinski definition) is 0. The molecule has 1 unspecified atom stereocenters. The van der Waals surface area contributed by atoms with Crippen LogP contribution in [0.5, 0.6) is 0 Å². The number of rotatable bonds is 5. The van der Waals surface area contributed by atoms with Crippen LogP contribution in [0.1, 0.15) is 34.8 Å². The molecule has 1 aromatic heterocycles. The normalized spacial score (nSPS) is 16.1. The molecule has 1 aliphatic heterocycles. The fraction of sp³-hybridized carbons (Fsp3) is 0.250. The lowest BCUT2D eigenvalue weighted by molar-refractivity contribution is 0.0852. The van der Waals surface area contributed by atoms with Crippen LogP contribution in [0.4, 0.5) is 5.69 Å². The van der Waals surface area contributed by atoms with Gasteiger partial charge in [-0.25, -0.2) is 4.99 Å². The summed E-state index contributed by atoms with van der Waals surface area (Å²) in [6, 6.07) is 14.9. The second kappa shape index (κ2) is 8.21. The quantitative estimate of drug-likeness (QED) is 0.380. The first kappa shape index (κ1) is 19.4. The molecule has 148 valence electrons. The minimum absolute atomic E-state index is 0.0638. The molecule has 0 spiro atoms. The molecule has 0 saturated heterocycles.